The van der Waals surface area contributed by atoms with E-state index in [9.17, 15) is 19.2 Å². The van der Waals surface area contributed by atoms with E-state index in [0.717, 1.165) is 6.42 Å². The number of rotatable bonds is 4. The minimum Gasteiger partial charge on any atom is -0.497 e. The standard InChI is InChI=1S/C37H51N5O8/c1-21(2)20-48-35(45)31-22(3)30-19-42(31)34(44)32(37(5,6)7)40-36(46)50-29-16-17-41(23(4)43)28(29)13-11-9-10-12-26-33(49-30)39-27-18-24(47-8)14-15-25(27)38-26/h10,12,14-15,18,21-22,28-32H,9,11,13,16-17,19-20H2,1-8H3,(H,40,46). The van der Waals surface area contributed by atoms with E-state index in [0.29, 0.717) is 48.3 Å². The van der Waals surface area contributed by atoms with E-state index in [4.69, 9.17) is 28.9 Å². The van der Waals surface area contributed by atoms with Gasteiger partial charge in [-0.2, -0.15) is 0 Å². The molecule has 13 heteroatoms. The predicted molar refractivity (Wildman–Crippen MR) is 186 cm³/mol. The molecule has 4 heterocycles. The van der Waals surface area contributed by atoms with Gasteiger partial charge in [0.2, 0.25) is 17.7 Å². The molecule has 13 nitrogen and oxygen atoms in total. The number of carbonyl (C=O) groups is 4. The Hall–Kier alpha value is -4.42. The van der Waals surface area contributed by atoms with Crippen LogP contribution < -0.4 is 14.8 Å². The maximum absolute atomic E-state index is 14.5. The lowest BCUT2D eigenvalue weighted by atomic mass is 9.85. The molecule has 1 aromatic carbocycles. The van der Waals surface area contributed by atoms with Crippen LogP contribution in [0.5, 0.6) is 11.6 Å². The molecule has 50 heavy (non-hydrogen) atoms. The molecule has 2 bridgehead atoms. The molecule has 1 aromatic heterocycles. The highest BCUT2D eigenvalue weighted by molar-refractivity contribution is 5.91. The van der Waals surface area contributed by atoms with Crippen molar-refractivity contribution in [3.63, 3.8) is 0 Å². The number of likely N-dealkylation sites (tertiary alicyclic amines) is 1. The van der Waals surface area contributed by atoms with E-state index >= 15 is 0 Å². The average Bonchev–Trinajstić information content (AvgIpc) is 3.60. The van der Waals surface area contributed by atoms with E-state index in [1.165, 1.54) is 11.8 Å². The fourth-order valence-electron chi connectivity index (χ4n) is 6.94. The van der Waals surface area contributed by atoms with Crippen LogP contribution in [0.4, 0.5) is 4.79 Å². The molecule has 5 rings (SSSR count). The third-order valence-corrected chi connectivity index (χ3v) is 9.68. The molecule has 6 unspecified atom stereocenters. The second-order valence-corrected chi connectivity index (χ2v) is 15.0. The molecule has 3 aliphatic heterocycles. The van der Waals surface area contributed by atoms with Crippen molar-refractivity contribution in [3.05, 3.63) is 30.0 Å². The van der Waals surface area contributed by atoms with Crippen LogP contribution in [0.25, 0.3) is 17.1 Å². The van der Waals surface area contributed by atoms with Crippen LogP contribution in [-0.4, -0.2) is 101 Å². The van der Waals surface area contributed by atoms with E-state index in [2.05, 4.69) is 5.32 Å². The zero-order valence-electron chi connectivity index (χ0n) is 30.4. The van der Waals surface area contributed by atoms with Gasteiger partial charge in [0.05, 0.1) is 37.3 Å². The Bertz CT molecular complexity index is 1620. The molecule has 0 radical (unpaired) electrons. The molecule has 0 saturated carbocycles. The lowest BCUT2D eigenvalue weighted by Gasteiger charge is -2.35. The van der Waals surface area contributed by atoms with Crippen LogP contribution in [0.15, 0.2) is 24.3 Å². The van der Waals surface area contributed by atoms with Crippen molar-refractivity contribution >= 4 is 41.0 Å². The Morgan fingerprint density at radius 2 is 1.84 bits per heavy atom. The van der Waals surface area contributed by atoms with Gasteiger partial charge in [0.1, 0.15) is 35.7 Å². The van der Waals surface area contributed by atoms with Crippen molar-refractivity contribution < 1.29 is 38.1 Å². The molecular weight excluding hydrogens is 642 g/mol. The molecule has 2 saturated heterocycles. The number of esters is 1. The Morgan fingerprint density at radius 3 is 2.52 bits per heavy atom. The number of benzene rings is 1. The van der Waals surface area contributed by atoms with Crippen LogP contribution in [0.2, 0.25) is 0 Å². The van der Waals surface area contributed by atoms with E-state index in [1.807, 2.05) is 65.8 Å². The number of carbonyl (C=O) groups excluding carboxylic acids is 4. The Labute approximate surface area is 294 Å². The number of hydrogen-bond donors (Lipinski definition) is 1. The minimum absolute atomic E-state index is 0.0456. The Balaban J connectivity index is 1.58. The monoisotopic (exact) mass is 693 g/mol. The van der Waals surface area contributed by atoms with Gasteiger partial charge in [-0.1, -0.05) is 47.6 Å². The summed E-state index contributed by atoms with van der Waals surface area (Å²) in [4.78, 5) is 67.2. The maximum Gasteiger partial charge on any atom is 0.408 e. The van der Waals surface area contributed by atoms with Gasteiger partial charge in [-0.25, -0.2) is 19.6 Å². The van der Waals surface area contributed by atoms with Crippen LogP contribution in [0.1, 0.15) is 79.8 Å². The smallest absolute Gasteiger partial charge is 0.408 e. The van der Waals surface area contributed by atoms with E-state index in [1.54, 1.807) is 18.1 Å². The van der Waals surface area contributed by atoms with Gasteiger partial charge in [0.15, 0.2) is 0 Å². The number of ether oxygens (including phenoxy) is 4. The highest BCUT2D eigenvalue weighted by Gasteiger charge is 2.51. The quantitative estimate of drug-likeness (QED) is 0.445. The normalized spacial score (nSPS) is 26.3. The van der Waals surface area contributed by atoms with Gasteiger partial charge in [-0.3, -0.25) is 9.59 Å². The molecule has 0 spiro atoms. The highest BCUT2D eigenvalue weighted by Crippen LogP contribution is 2.34. The number of methoxy groups -OCH3 is 1. The van der Waals surface area contributed by atoms with Gasteiger partial charge in [0, 0.05) is 31.9 Å². The van der Waals surface area contributed by atoms with Gasteiger partial charge >= 0.3 is 12.1 Å². The van der Waals surface area contributed by atoms with E-state index in [-0.39, 0.29) is 36.9 Å². The SMILES string of the molecule is COc1ccc2nc3c(nc2c1)OC1CN(C(=O)C(C(C)(C)C)NC(=O)OC2CCN(C(C)=O)C2CCCC=C3)C(C(=O)OCC(C)C)C1C. The van der Waals surface area contributed by atoms with Crippen LogP contribution in [0, 0.1) is 17.3 Å². The summed E-state index contributed by atoms with van der Waals surface area (Å²) in [7, 11) is 1.58. The maximum atomic E-state index is 14.5. The summed E-state index contributed by atoms with van der Waals surface area (Å²) < 4.78 is 23.7. The van der Waals surface area contributed by atoms with Crippen molar-refractivity contribution in [2.45, 2.75) is 104 Å². The summed E-state index contributed by atoms with van der Waals surface area (Å²) >= 11 is 0. The molecule has 0 aliphatic carbocycles. The first-order chi connectivity index (χ1) is 23.7. The van der Waals surface area contributed by atoms with Gasteiger partial charge in [-0.05, 0) is 48.8 Å². The van der Waals surface area contributed by atoms with Crippen LogP contribution in [0.3, 0.4) is 0 Å². The molecule has 6 atom stereocenters. The molecule has 3 amide bonds. The zero-order chi connectivity index (χ0) is 36.3. The second kappa shape index (κ2) is 15.2. The van der Waals surface area contributed by atoms with Gasteiger partial charge < -0.3 is 34.1 Å². The van der Waals surface area contributed by atoms with Crippen molar-refractivity contribution in [1.82, 2.24) is 25.1 Å². The van der Waals surface area contributed by atoms with Crippen molar-refractivity contribution in [1.29, 1.82) is 0 Å². The third kappa shape index (κ3) is 8.13. The number of nitrogens with zero attached hydrogens (tertiary/aromatic N) is 4. The lowest BCUT2D eigenvalue weighted by molar-refractivity contribution is -0.156. The highest BCUT2D eigenvalue weighted by atomic mass is 16.6. The van der Waals surface area contributed by atoms with Gasteiger partial charge in [0.25, 0.3) is 0 Å². The molecule has 2 fully saturated rings. The number of alkyl carbamates (subject to hydrolysis) is 1. The summed E-state index contributed by atoms with van der Waals surface area (Å²) in [6, 6.07) is 3.10. The second-order valence-electron chi connectivity index (χ2n) is 15.0. The van der Waals surface area contributed by atoms with Crippen molar-refractivity contribution in [3.8, 4) is 11.6 Å². The molecule has 2 aromatic rings. The topological polar surface area (TPSA) is 149 Å². The molecule has 1 N–H and O–H groups in total. The summed E-state index contributed by atoms with van der Waals surface area (Å²) in [5.41, 5.74) is 0.967. The third-order valence-electron chi connectivity index (χ3n) is 9.68. The van der Waals surface area contributed by atoms with E-state index < -0.39 is 53.6 Å². The molecule has 272 valence electrons. The summed E-state index contributed by atoms with van der Waals surface area (Å²) in [6.45, 7) is 13.5. The average molecular weight is 694 g/mol. The molecular formula is C37H51N5O8. The van der Waals surface area contributed by atoms with Crippen LogP contribution in [-0.2, 0) is 23.9 Å². The number of aromatic nitrogens is 2. The summed E-state index contributed by atoms with van der Waals surface area (Å²) in [5, 5.41) is 2.83. The van der Waals surface area contributed by atoms with Crippen molar-refractivity contribution in [2.75, 3.05) is 26.8 Å². The summed E-state index contributed by atoms with van der Waals surface area (Å²) in [6.07, 6.45) is 4.42. The predicted octanol–water partition coefficient (Wildman–Crippen LogP) is 4.76. The first-order valence-electron chi connectivity index (χ1n) is 17.6. The Morgan fingerprint density at radius 1 is 1.08 bits per heavy atom. The fraction of sp³-hybridized carbons (Fsp3) is 0.622. The number of hydrogen-bond acceptors (Lipinski definition) is 10. The zero-order valence-corrected chi connectivity index (χ0v) is 30.4. The van der Waals surface area contributed by atoms with Gasteiger partial charge in [-0.15, -0.1) is 0 Å². The number of amides is 3. The minimum atomic E-state index is -1.05. The van der Waals surface area contributed by atoms with Crippen LogP contribution >= 0.6 is 0 Å². The number of nitrogens with one attached hydrogen (secondary N) is 1. The summed E-state index contributed by atoms with van der Waals surface area (Å²) in [5.74, 6) is -0.612. The first-order valence-corrected chi connectivity index (χ1v) is 17.6. The first kappa shape index (κ1) is 36.9. The largest absolute Gasteiger partial charge is 0.497 e. The molecule has 3 aliphatic rings. The Kier molecular flexibility index (Phi) is 11.2. The number of fused-ring (bicyclic) bond motifs is 5. The fourth-order valence-corrected chi connectivity index (χ4v) is 6.94. The van der Waals surface area contributed by atoms with Crippen molar-refractivity contribution in [2.24, 2.45) is 17.3 Å². The number of allylic oxidation sites excluding steroid dienone is 1. The lowest BCUT2D eigenvalue weighted by Crippen LogP contribution is -2.58.